The molecule has 4 aromatic carbocycles. The molecule has 1 heteroatoms. The highest BCUT2D eigenvalue weighted by Gasteiger charge is 2.36. The molecule has 4 aliphatic carbocycles. The summed E-state index contributed by atoms with van der Waals surface area (Å²) in [5, 5.41) is 1.42. The molecule has 0 fully saturated rings. The Balaban J connectivity index is 1.20. The SMILES string of the molecule is CC1(C)c2ccccc2-c2cc3c4c(n(-c5ccc6c(c5)C5=C(C6)CC(c6ccccc6)C=C5)c3cc21)C=CCC4. The monoisotopic (exact) mass is 527 g/mol. The molecule has 0 amide bonds. The first-order valence-corrected chi connectivity index (χ1v) is 15.1. The first kappa shape index (κ1) is 23.4. The van der Waals surface area contributed by atoms with E-state index in [0.717, 1.165) is 25.7 Å². The summed E-state index contributed by atoms with van der Waals surface area (Å²) in [6.07, 6.45) is 14.0. The van der Waals surface area contributed by atoms with Crippen LogP contribution in [0.5, 0.6) is 0 Å². The van der Waals surface area contributed by atoms with E-state index in [1.54, 1.807) is 5.57 Å². The van der Waals surface area contributed by atoms with E-state index < -0.39 is 0 Å². The maximum absolute atomic E-state index is 2.55. The van der Waals surface area contributed by atoms with Gasteiger partial charge in [-0.15, -0.1) is 0 Å². The highest BCUT2D eigenvalue weighted by atomic mass is 15.0. The van der Waals surface area contributed by atoms with Crippen LogP contribution >= 0.6 is 0 Å². The topological polar surface area (TPSA) is 4.93 Å². The van der Waals surface area contributed by atoms with Crippen LogP contribution < -0.4 is 0 Å². The molecule has 0 saturated carbocycles. The minimum atomic E-state index is -0.00854. The van der Waals surface area contributed by atoms with Gasteiger partial charge in [-0.1, -0.05) is 98.3 Å². The van der Waals surface area contributed by atoms with Crippen LogP contribution in [0.3, 0.4) is 0 Å². The molecular weight excluding hydrogens is 494 g/mol. The molecule has 0 bridgehead atoms. The minimum absolute atomic E-state index is 0.00854. The van der Waals surface area contributed by atoms with Gasteiger partial charge in [0.1, 0.15) is 0 Å². The number of fused-ring (bicyclic) bond motifs is 8. The highest BCUT2D eigenvalue weighted by molar-refractivity contribution is 5.98. The molecule has 1 atom stereocenters. The molecule has 198 valence electrons. The lowest BCUT2D eigenvalue weighted by molar-refractivity contribution is 0.661. The van der Waals surface area contributed by atoms with Gasteiger partial charge in [0, 0.05) is 28.1 Å². The second kappa shape index (κ2) is 8.33. The first-order valence-electron chi connectivity index (χ1n) is 15.1. The number of allylic oxidation sites excluding steroid dienone is 5. The molecule has 4 aliphatic rings. The van der Waals surface area contributed by atoms with E-state index in [9.17, 15) is 0 Å². The second-order valence-corrected chi connectivity index (χ2v) is 12.8. The standard InChI is InChI=1S/C40H33N/c1-40(2)36-14-8-6-12-31(36)34-23-35-32-13-7-9-15-38(32)41(39(35)24-37(34)40)29-18-16-27-21-28-20-26(25-10-4-3-5-11-25)17-19-30(28)33(27)22-29/h3-6,8-12,14-19,22-24,26H,7,13,20-21H2,1-2H3. The normalized spacial score (nSPS) is 19.2. The zero-order chi connectivity index (χ0) is 27.3. The minimum Gasteiger partial charge on any atom is -0.310 e. The Labute approximate surface area is 242 Å². The van der Waals surface area contributed by atoms with Crippen molar-refractivity contribution in [2.75, 3.05) is 0 Å². The Bertz CT molecular complexity index is 2010. The van der Waals surface area contributed by atoms with Gasteiger partial charge >= 0.3 is 0 Å². The molecule has 0 saturated heterocycles. The third kappa shape index (κ3) is 3.24. The number of benzene rings is 4. The molecule has 9 rings (SSSR count). The second-order valence-electron chi connectivity index (χ2n) is 12.8. The van der Waals surface area contributed by atoms with Gasteiger partial charge in [0.25, 0.3) is 0 Å². The summed E-state index contributed by atoms with van der Waals surface area (Å²) < 4.78 is 2.55. The van der Waals surface area contributed by atoms with Crippen LogP contribution in [-0.2, 0) is 18.3 Å². The maximum Gasteiger partial charge on any atom is 0.0541 e. The molecule has 0 radical (unpaired) electrons. The zero-order valence-electron chi connectivity index (χ0n) is 23.7. The van der Waals surface area contributed by atoms with Crippen molar-refractivity contribution in [3.05, 3.63) is 148 Å². The van der Waals surface area contributed by atoms with Gasteiger partial charge in [-0.3, -0.25) is 0 Å². The van der Waals surface area contributed by atoms with Crippen LogP contribution in [0.25, 0.3) is 39.4 Å². The number of aromatic nitrogens is 1. The number of aryl methyl sites for hydroxylation is 1. The van der Waals surface area contributed by atoms with Crippen LogP contribution in [0, 0.1) is 0 Å². The molecule has 1 aromatic heterocycles. The molecule has 5 aromatic rings. The summed E-state index contributed by atoms with van der Waals surface area (Å²) in [5.41, 5.74) is 18.5. The van der Waals surface area contributed by atoms with Gasteiger partial charge in [0.2, 0.25) is 0 Å². The molecule has 1 heterocycles. The van der Waals surface area contributed by atoms with Crippen LogP contribution in [0.15, 0.2) is 109 Å². The fourth-order valence-electron chi connectivity index (χ4n) is 8.19. The van der Waals surface area contributed by atoms with Crippen molar-refractivity contribution in [2.45, 2.75) is 50.9 Å². The Morgan fingerprint density at radius 1 is 0.780 bits per heavy atom. The Kier molecular flexibility index (Phi) is 4.75. The average Bonchev–Trinajstić information content (AvgIpc) is 3.62. The Morgan fingerprint density at radius 3 is 2.54 bits per heavy atom. The van der Waals surface area contributed by atoms with Gasteiger partial charge in [0.05, 0.1) is 5.52 Å². The Morgan fingerprint density at radius 2 is 1.63 bits per heavy atom. The lowest BCUT2D eigenvalue weighted by Gasteiger charge is -2.22. The van der Waals surface area contributed by atoms with E-state index in [2.05, 4.69) is 128 Å². The van der Waals surface area contributed by atoms with Crippen molar-refractivity contribution in [3.8, 4) is 16.8 Å². The Hall–Kier alpha value is -4.36. The van der Waals surface area contributed by atoms with Crippen molar-refractivity contribution in [3.63, 3.8) is 0 Å². The summed E-state index contributed by atoms with van der Waals surface area (Å²) in [5.74, 6) is 0.476. The molecule has 41 heavy (non-hydrogen) atoms. The molecule has 0 aliphatic heterocycles. The van der Waals surface area contributed by atoms with Crippen molar-refractivity contribution >= 4 is 22.6 Å². The summed E-state index contributed by atoms with van der Waals surface area (Å²) in [4.78, 5) is 0. The lowest BCUT2D eigenvalue weighted by Crippen LogP contribution is -2.15. The molecule has 0 N–H and O–H groups in total. The van der Waals surface area contributed by atoms with Gasteiger partial charge < -0.3 is 4.57 Å². The van der Waals surface area contributed by atoms with Gasteiger partial charge in [-0.25, -0.2) is 0 Å². The van der Waals surface area contributed by atoms with E-state index >= 15 is 0 Å². The third-order valence-electron chi connectivity index (χ3n) is 10.3. The molecule has 0 spiro atoms. The zero-order valence-corrected chi connectivity index (χ0v) is 23.7. The fraction of sp³-hybridized carbons (Fsp3) is 0.200. The maximum atomic E-state index is 2.55. The fourth-order valence-corrected chi connectivity index (χ4v) is 8.19. The molecular formula is C40H33N. The van der Waals surface area contributed by atoms with Gasteiger partial charge in [0.15, 0.2) is 0 Å². The summed E-state index contributed by atoms with van der Waals surface area (Å²) in [7, 11) is 0. The number of hydrogen-bond acceptors (Lipinski definition) is 0. The number of hydrogen-bond donors (Lipinski definition) is 0. The van der Waals surface area contributed by atoms with E-state index in [0.29, 0.717) is 5.92 Å². The smallest absolute Gasteiger partial charge is 0.0541 e. The van der Waals surface area contributed by atoms with E-state index in [-0.39, 0.29) is 5.41 Å². The third-order valence-corrected chi connectivity index (χ3v) is 10.3. The van der Waals surface area contributed by atoms with Crippen LogP contribution in [0.1, 0.15) is 71.7 Å². The largest absolute Gasteiger partial charge is 0.310 e. The first-order chi connectivity index (χ1) is 20.1. The van der Waals surface area contributed by atoms with E-state index in [1.165, 1.54) is 72.4 Å². The van der Waals surface area contributed by atoms with Crippen molar-refractivity contribution < 1.29 is 0 Å². The lowest BCUT2D eigenvalue weighted by atomic mass is 9.82. The molecule has 1 unspecified atom stereocenters. The number of rotatable bonds is 2. The summed E-state index contributed by atoms with van der Waals surface area (Å²) in [6, 6.07) is 32.2. The van der Waals surface area contributed by atoms with Crippen LogP contribution in [-0.4, -0.2) is 4.57 Å². The van der Waals surface area contributed by atoms with Gasteiger partial charge in [-0.2, -0.15) is 0 Å². The van der Waals surface area contributed by atoms with Gasteiger partial charge in [-0.05, 0) is 106 Å². The van der Waals surface area contributed by atoms with Crippen molar-refractivity contribution in [2.24, 2.45) is 0 Å². The van der Waals surface area contributed by atoms with E-state index in [4.69, 9.17) is 0 Å². The predicted molar refractivity (Wildman–Crippen MR) is 172 cm³/mol. The molecule has 1 nitrogen and oxygen atoms in total. The number of nitrogens with zero attached hydrogens (tertiary/aromatic N) is 1. The quantitative estimate of drug-likeness (QED) is 0.215. The summed E-state index contributed by atoms with van der Waals surface area (Å²) in [6.45, 7) is 4.77. The van der Waals surface area contributed by atoms with Crippen molar-refractivity contribution in [1.82, 2.24) is 4.57 Å². The average molecular weight is 528 g/mol. The van der Waals surface area contributed by atoms with Crippen molar-refractivity contribution in [1.29, 1.82) is 0 Å². The summed E-state index contributed by atoms with van der Waals surface area (Å²) >= 11 is 0. The van der Waals surface area contributed by atoms with Crippen LogP contribution in [0.2, 0.25) is 0 Å². The van der Waals surface area contributed by atoms with Crippen LogP contribution in [0.4, 0.5) is 0 Å². The highest BCUT2D eigenvalue weighted by Crippen LogP contribution is 2.51. The van der Waals surface area contributed by atoms with E-state index in [1.807, 2.05) is 0 Å². The predicted octanol–water partition coefficient (Wildman–Crippen LogP) is 9.95.